The van der Waals surface area contributed by atoms with E-state index < -0.39 is 0 Å². The van der Waals surface area contributed by atoms with Crippen LogP contribution in [0.15, 0.2) is 47.5 Å². The van der Waals surface area contributed by atoms with Crippen molar-refractivity contribution in [2.75, 3.05) is 0 Å². The molecule has 0 spiro atoms. The average Bonchev–Trinajstić information content (AvgIpc) is 3.62. The van der Waals surface area contributed by atoms with E-state index in [0.29, 0.717) is 0 Å². The maximum absolute atomic E-state index is 12.9. The quantitative estimate of drug-likeness (QED) is 0.0360. The van der Waals surface area contributed by atoms with Gasteiger partial charge in [-0.25, -0.2) is 4.70 Å². The summed E-state index contributed by atoms with van der Waals surface area (Å²) in [6, 6.07) is 14.7. The number of rotatable bonds is 43. The van der Waals surface area contributed by atoms with E-state index >= 15 is 0 Å². The maximum atomic E-state index is 12.9. The van der Waals surface area contributed by atoms with Crippen LogP contribution in [0.5, 0.6) is 0 Å². The number of hydrogen-bond acceptors (Lipinski definition) is 0. The van der Waals surface area contributed by atoms with Gasteiger partial charge < -0.3 is 5.53 Å². The SMILES string of the molecule is CCCCCCCCCCCCCCCCCCCC#CC1=C(c2cc(CCCC)cc(CCCCCCCC)c2)[N+](=[N-])C(c2cc(CCCC)cc(CCCCCCCC)c2)=C1CCCCC. The number of aryl methyl sites for hydroxylation is 4. The Bertz CT molecular complexity index is 1740. The van der Waals surface area contributed by atoms with Gasteiger partial charge in [0.05, 0.1) is 0 Å². The van der Waals surface area contributed by atoms with E-state index in [2.05, 4.69) is 89.8 Å². The van der Waals surface area contributed by atoms with E-state index in [1.54, 1.807) is 4.70 Å². The molecule has 0 radical (unpaired) electrons. The van der Waals surface area contributed by atoms with Crippen LogP contribution in [-0.2, 0) is 25.7 Å². The fourth-order valence-corrected chi connectivity index (χ4v) is 10.5. The topological polar surface area (TPSA) is 25.3 Å². The third-order valence-electron chi connectivity index (χ3n) is 14.8. The predicted molar refractivity (Wildman–Crippen MR) is 302 cm³/mol. The minimum absolute atomic E-state index is 0.924. The second-order valence-corrected chi connectivity index (χ2v) is 21.3. The lowest BCUT2D eigenvalue weighted by atomic mass is 9.92. The first-order valence-corrected chi connectivity index (χ1v) is 30.2. The summed E-state index contributed by atoms with van der Waals surface area (Å²) in [5.74, 6) is 7.57. The summed E-state index contributed by atoms with van der Waals surface area (Å²) in [6.45, 7) is 13.8. The molecule has 0 aliphatic carbocycles. The molecule has 2 aromatic carbocycles. The van der Waals surface area contributed by atoms with Gasteiger partial charge in [-0.2, -0.15) is 0 Å². The van der Waals surface area contributed by atoms with Gasteiger partial charge in [-0.05, 0) is 117 Å². The fourth-order valence-electron chi connectivity index (χ4n) is 10.5. The molecule has 1 aliphatic heterocycles. The Labute approximate surface area is 423 Å². The van der Waals surface area contributed by atoms with E-state index in [1.165, 1.54) is 252 Å². The van der Waals surface area contributed by atoms with Gasteiger partial charge in [0.15, 0.2) is 0 Å². The molecule has 1 heterocycles. The standard InChI is InChI=1S/C66H108N2/c1-7-13-19-22-25-26-27-28-29-30-31-32-33-34-35-36-37-40-44-50-64-63(49-41-16-10-4)65(61-53-57(45-17-11-5)51-59(55-61)47-42-38-23-20-14-8-2)68(67)66(64)62-54-58(46-18-12-6)52-60(56-62)48-43-39-24-21-15-9-3/h51-56H,7-43,45-49H2,1-6H3. The summed E-state index contributed by atoms with van der Waals surface area (Å²) >= 11 is 0. The van der Waals surface area contributed by atoms with E-state index in [-0.39, 0.29) is 0 Å². The van der Waals surface area contributed by atoms with E-state index in [1.807, 2.05) is 0 Å². The molecule has 0 aromatic heterocycles. The molecule has 3 rings (SSSR count). The highest BCUT2D eigenvalue weighted by Gasteiger charge is 2.36. The first kappa shape index (κ1) is 59.4. The largest absolute Gasteiger partial charge is 0.493 e. The lowest BCUT2D eigenvalue weighted by Gasteiger charge is -2.14. The summed E-state index contributed by atoms with van der Waals surface area (Å²) in [5.41, 5.74) is 25.2. The summed E-state index contributed by atoms with van der Waals surface area (Å²) in [6.07, 6.45) is 53.8. The second-order valence-electron chi connectivity index (χ2n) is 21.3. The van der Waals surface area contributed by atoms with Crippen LogP contribution < -0.4 is 0 Å². The van der Waals surface area contributed by atoms with Crippen LogP contribution in [0.2, 0.25) is 0 Å². The molecule has 382 valence electrons. The Balaban J connectivity index is 1.88. The van der Waals surface area contributed by atoms with Crippen molar-refractivity contribution in [3.8, 4) is 11.8 Å². The van der Waals surface area contributed by atoms with Crippen LogP contribution in [0.3, 0.4) is 0 Å². The molecule has 0 bridgehead atoms. The van der Waals surface area contributed by atoms with Crippen molar-refractivity contribution in [1.29, 1.82) is 0 Å². The van der Waals surface area contributed by atoms with Crippen molar-refractivity contribution in [2.45, 2.75) is 311 Å². The Morgan fingerprint density at radius 1 is 0.324 bits per heavy atom. The molecule has 0 fully saturated rings. The van der Waals surface area contributed by atoms with Crippen LogP contribution in [0, 0.1) is 11.8 Å². The lowest BCUT2D eigenvalue weighted by molar-refractivity contribution is -0.345. The monoisotopic (exact) mass is 929 g/mol. The molecule has 0 saturated heterocycles. The number of hydrogen-bond donors (Lipinski definition) is 0. The first-order chi connectivity index (χ1) is 33.5. The average molecular weight is 930 g/mol. The Morgan fingerprint density at radius 3 is 1.00 bits per heavy atom. The summed E-state index contributed by atoms with van der Waals surface area (Å²) in [7, 11) is 0. The van der Waals surface area contributed by atoms with Gasteiger partial charge in [0.2, 0.25) is 11.4 Å². The van der Waals surface area contributed by atoms with Crippen molar-refractivity contribution in [2.24, 2.45) is 0 Å². The minimum atomic E-state index is 0.924. The van der Waals surface area contributed by atoms with Crippen LogP contribution in [0.25, 0.3) is 16.9 Å². The van der Waals surface area contributed by atoms with Crippen LogP contribution >= 0.6 is 0 Å². The molecule has 2 nitrogen and oxygen atoms in total. The normalized spacial score (nSPS) is 12.8. The summed E-state index contributed by atoms with van der Waals surface area (Å²) in [5, 5.41) is 0. The molecular formula is C66H108N2. The Morgan fingerprint density at radius 2 is 0.618 bits per heavy atom. The molecular weight excluding hydrogens is 821 g/mol. The number of benzene rings is 2. The zero-order chi connectivity index (χ0) is 48.7. The Kier molecular flexibility index (Phi) is 34.7. The molecule has 68 heavy (non-hydrogen) atoms. The molecule has 0 unspecified atom stereocenters. The third kappa shape index (κ3) is 24.8. The lowest BCUT2D eigenvalue weighted by Crippen LogP contribution is -2.05. The molecule has 0 amide bonds. The minimum Gasteiger partial charge on any atom is -0.493 e. The van der Waals surface area contributed by atoms with Crippen LogP contribution in [0.4, 0.5) is 0 Å². The molecule has 2 aromatic rings. The third-order valence-corrected chi connectivity index (χ3v) is 14.8. The highest BCUT2D eigenvalue weighted by atomic mass is 15.2. The fraction of sp³-hybridized carbons (Fsp3) is 0.727. The van der Waals surface area contributed by atoms with E-state index in [9.17, 15) is 5.53 Å². The molecule has 2 heteroatoms. The smallest absolute Gasteiger partial charge is 0.223 e. The highest BCUT2D eigenvalue weighted by Crippen LogP contribution is 2.43. The highest BCUT2D eigenvalue weighted by molar-refractivity contribution is 5.86. The first-order valence-electron chi connectivity index (χ1n) is 30.2. The van der Waals surface area contributed by atoms with E-state index in [4.69, 9.17) is 0 Å². The molecule has 1 aliphatic rings. The van der Waals surface area contributed by atoms with Crippen molar-refractivity contribution >= 4 is 11.4 Å². The predicted octanol–water partition coefficient (Wildman–Crippen LogP) is 22.0. The zero-order valence-corrected chi connectivity index (χ0v) is 46.1. The van der Waals surface area contributed by atoms with Gasteiger partial charge in [-0.1, -0.05) is 258 Å². The van der Waals surface area contributed by atoms with Crippen LogP contribution in [-0.4, -0.2) is 4.70 Å². The summed E-state index contributed by atoms with van der Waals surface area (Å²) in [4.78, 5) is 0. The van der Waals surface area contributed by atoms with Gasteiger partial charge >= 0.3 is 0 Å². The number of unbranched alkanes of at least 4 members (excludes halogenated alkanes) is 31. The second kappa shape index (κ2) is 39.8. The molecule has 0 saturated carbocycles. The van der Waals surface area contributed by atoms with Crippen LogP contribution in [0.1, 0.15) is 319 Å². The van der Waals surface area contributed by atoms with Gasteiger partial charge in [0.1, 0.15) is 5.57 Å². The van der Waals surface area contributed by atoms with Crippen molar-refractivity contribution < 1.29 is 4.70 Å². The maximum Gasteiger partial charge on any atom is 0.223 e. The van der Waals surface area contributed by atoms with E-state index in [0.717, 1.165) is 73.9 Å². The van der Waals surface area contributed by atoms with Gasteiger partial charge in [-0.3, -0.25) is 0 Å². The van der Waals surface area contributed by atoms with Gasteiger partial charge in [0, 0.05) is 23.1 Å². The molecule has 0 atom stereocenters. The Hall–Kier alpha value is -2.92. The number of nitrogens with zero attached hydrogens (tertiary/aromatic N) is 2. The van der Waals surface area contributed by atoms with Gasteiger partial charge in [-0.15, -0.1) is 0 Å². The van der Waals surface area contributed by atoms with Gasteiger partial charge in [0.25, 0.3) is 0 Å². The van der Waals surface area contributed by atoms with Crippen molar-refractivity contribution in [3.63, 3.8) is 0 Å². The summed E-state index contributed by atoms with van der Waals surface area (Å²) < 4.78 is 1.63. The number of allylic oxidation sites excluding steroid dienone is 2. The zero-order valence-electron chi connectivity index (χ0n) is 46.1. The van der Waals surface area contributed by atoms with Crippen molar-refractivity contribution in [3.05, 3.63) is 86.5 Å². The molecule has 0 N–H and O–H groups in total. The van der Waals surface area contributed by atoms with Crippen molar-refractivity contribution in [1.82, 2.24) is 0 Å².